The Hall–Kier alpha value is -2.37. The molecule has 26 heavy (non-hydrogen) atoms. The average Bonchev–Trinajstić information content (AvgIpc) is 2.60. The summed E-state index contributed by atoms with van der Waals surface area (Å²) in [6.45, 7) is 4.04. The number of rotatable bonds is 6. The van der Waals surface area contributed by atoms with Crippen molar-refractivity contribution in [1.82, 2.24) is 10.2 Å². The lowest BCUT2D eigenvalue weighted by molar-refractivity contribution is -0.126. The first-order chi connectivity index (χ1) is 12.3. The van der Waals surface area contributed by atoms with Crippen molar-refractivity contribution in [3.63, 3.8) is 0 Å². The zero-order valence-electron chi connectivity index (χ0n) is 15.5. The topological polar surface area (TPSA) is 61.4 Å². The number of hydrogen-bond donors (Lipinski definition) is 2. The van der Waals surface area contributed by atoms with Gasteiger partial charge in [0.2, 0.25) is 11.8 Å². The van der Waals surface area contributed by atoms with E-state index in [0.717, 1.165) is 22.4 Å². The van der Waals surface area contributed by atoms with E-state index in [-0.39, 0.29) is 18.4 Å². The van der Waals surface area contributed by atoms with Crippen LogP contribution in [0.15, 0.2) is 42.5 Å². The smallest absolute Gasteiger partial charge is 0.241 e. The lowest BCUT2D eigenvalue weighted by atomic mass is 10.0. The van der Waals surface area contributed by atoms with E-state index in [1.165, 1.54) is 0 Å². The largest absolute Gasteiger partial charge is 0.358 e. The fourth-order valence-electron chi connectivity index (χ4n) is 2.78. The highest BCUT2D eigenvalue weighted by atomic mass is 35.5. The fourth-order valence-corrected chi connectivity index (χ4v) is 2.91. The Morgan fingerprint density at radius 3 is 2.38 bits per heavy atom. The van der Waals surface area contributed by atoms with Gasteiger partial charge in [-0.2, -0.15) is 0 Å². The predicted molar refractivity (Wildman–Crippen MR) is 105 cm³/mol. The van der Waals surface area contributed by atoms with Gasteiger partial charge in [0.25, 0.3) is 0 Å². The molecule has 0 aliphatic rings. The number of carbonyl (C=O) groups excluding carboxylic acids is 2. The Labute approximate surface area is 159 Å². The van der Waals surface area contributed by atoms with Crippen LogP contribution in [0.2, 0.25) is 5.02 Å². The lowest BCUT2D eigenvalue weighted by Gasteiger charge is -2.26. The van der Waals surface area contributed by atoms with Gasteiger partial charge >= 0.3 is 0 Å². The van der Waals surface area contributed by atoms with Crippen LogP contribution in [-0.2, 0) is 9.59 Å². The first kappa shape index (κ1) is 19.9. The summed E-state index contributed by atoms with van der Waals surface area (Å²) in [6.07, 6.45) is 0. The number of benzene rings is 2. The van der Waals surface area contributed by atoms with Gasteiger partial charge in [-0.1, -0.05) is 35.9 Å². The van der Waals surface area contributed by atoms with Gasteiger partial charge in [0, 0.05) is 17.8 Å². The van der Waals surface area contributed by atoms with E-state index >= 15 is 0 Å². The number of nitrogens with zero attached hydrogens (tertiary/aromatic N) is 1. The van der Waals surface area contributed by atoms with Gasteiger partial charge < -0.3 is 10.6 Å². The van der Waals surface area contributed by atoms with Crippen LogP contribution in [0.1, 0.15) is 22.7 Å². The van der Waals surface area contributed by atoms with E-state index < -0.39 is 6.04 Å². The number of halogens is 1. The van der Waals surface area contributed by atoms with Gasteiger partial charge in [0.1, 0.15) is 6.04 Å². The Kier molecular flexibility index (Phi) is 6.77. The molecular weight excluding hydrogens is 350 g/mol. The van der Waals surface area contributed by atoms with E-state index in [4.69, 9.17) is 11.6 Å². The molecule has 0 aliphatic carbocycles. The monoisotopic (exact) mass is 373 g/mol. The summed E-state index contributed by atoms with van der Waals surface area (Å²) < 4.78 is 0. The van der Waals surface area contributed by atoms with Crippen molar-refractivity contribution in [2.75, 3.05) is 26.0 Å². The van der Waals surface area contributed by atoms with Gasteiger partial charge in [0.05, 0.1) is 6.54 Å². The molecule has 0 spiro atoms. The molecule has 0 saturated heterocycles. The molecule has 138 valence electrons. The molecule has 5 nitrogen and oxygen atoms in total. The van der Waals surface area contributed by atoms with Crippen molar-refractivity contribution >= 4 is 29.1 Å². The van der Waals surface area contributed by atoms with Gasteiger partial charge in [-0.15, -0.1) is 0 Å². The second kappa shape index (κ2) is 8.83. The van der Waals surface area contributed by atoms with Crippen LogP contribution in [0, 0.1) is 13.8 Å². The Morgan fingerprint density at radius 1 is 1.12 bits per heavy atom. The molecule has 2 aromatic rings. The molecule has 2 rings (SSSR count). The molecule has 0 aromatic heterocycles. The molecule has 2 amide bonds. The molecule has 1 unspecified atom stereocenters. The number of aryl methyl sites for hydroxylation is 1. The second-order valence-electron chi connectivity index (χ2n) is 6.28. The Bertz CT molecular complexity index is 790. The third kappa shape index (κ3) is 4.84. The van der Waals surface area contributed by atoms with Crippen LogP contribution in [0.3, 0.4) is 0 Å². The maximum Gasteiger partial charge on any atom is 0.241 e. The minimum Gasteiger partial charge on any atom is -0.358 e. The Morgan fingerprint density at radius 2 is 1.77 bits per heavy atom. The molecule has 2 aromatic carbocycles. The van der Waals surface area contributed by atoms with Crippen LogP contribution in [0.25, 0.3) is 0 Å². The summed E-state index contributed by atoms with van der Waals surface area (Å²) in [5.74, 6) is -0.363. The Balaban J connectivity index is 2.14. The van der Waals surface area contributed by atoms with Crippen molar-refractivity contribution in [3.8, 4) is 0 Å². The van der Waals surface area contributed by atoms with Crippen molar-refractivity contribution in [2.45, 2.75) is 19.9 Å². The molecule has 0 bridgehead atoms. The molecule has 1 atom stereocenters. The van der Waals surface area contributed by atoms with Crippen LogP contribution in [0.5, 0.6) is 0 Å². The zero-order chi connectivity index (χ0) is 19.3. The second-order valence-corrected chi connectivity index (χ2v) is 6.72. The molecule has 0 saturated carbocycles. The number of hydrogen-bond acceptors (Lipinski definition) is 3. The molecule has 0 fully saturated rings. The van der Waals surface area contributed by atoms with Gasteiger partial charge in [-0.3, -0.25) is 14.5 Å². The van der Waals surface area contributed by atoms with E-state index in [9.17, 15) is 9.59 Å². The molecule has 2 N–H and O–H groups in total. The van der Waals surface area contributed by atoms with E-state index in [0.29, 0.717) is 5.02 Å². The minimum atomic E-state index is -0.582. The number of likely N-dealkylation sites (N-methyl/N-ethyl adjacent to an activating group) is 2. The predicted octanol–water partition coefficient (Wildman–Crippen LogP) is 3.31. The molecule has 6 heteroatoms. The average molecular weight is 374 g/mol. The maximum absolute atomic E-state index is 12.5. The van der Waals surface area contributed by atoms with Crippen LogP contribution in [-0.4, -0.2) is 37.4 Å². The summed E-state index contributed by atoms with van der Waals surface area (Å²) in [5, 5.41) is 6.17. The van der Waals surface area contributed by atoms with Gasteiger partial charge in [-0.05, 0) is 55.8 Å². The summed E-state index contributed by atoms with van der Waals surface area (Å²) in [5.41, 5.74) is 3.70. The van der Waals surface area contributed by atoms with Crippen LogP contribution < -0.4 is 10.6 Å². The highest BCUT2D eigenvalue weighted by Gasteiger charge is 2.26. The van der Waals surface area contributed by atoms with E-state index in [1.54, 1.807) is 43.3 Å². The number of anilines is 1. The minimum absolute atomic E-state index is 0.0775. The van der Waals surface area contributed by atoms with Crippen LogP contribution >= 0.6 is 11.6 Å². The van der Waals surface area contributed by atoms with Gasteiger partial charge in [-0.25, -0.2) is 0 Å². The number of nitrogens with one attached hydrogen (secondary N) is 2. The highest BCUT2D eigenvalue weighted by Crippen LogP contribution is 2.22. The number of carbonyl (C=O) groups is 2. The SMILES string of the molecule is CNC(=O)C(c1ccc(Cl)cc1)N(C)CC(=O)Nc1cccc(C)c1C. The van der Waals surface area contributed by atoms with Crippen molar-refractivity contribution in [2.24, 2.45) is 0 Å². The zero-order valence-corrected chi connectivity index (χ0v) is 16.2. The first-order valence-corrected chi connectivity index (χ1v) is 8.74. The maximum atomic E-state index is 12.5. The fraction of sp³-hybridized carbons (Fsp3) is 0.300. The molecular formula is C20H24ClN3O2. The van der Waals surface area contributed by atoms with E-state index in [2.05, 4.69) is 10.6 Å². The van der Waals surface area contributed by atoms with Crippen molar-refractivity contribution < 1.29 is 9.59 Å². The van der Waals surface area contributed by atoms with Gasteiger partial charge in [0.15, 0.2) is 0 Å². The quantitative estimate of drug-likeness (QED) is 0.816. The standard InChI is InChI=1S/C20H24ClN3O2/c1-13-6-5-7-17(14(13)2)23-18(25)12-24(4)19(20(26)22-3)15-8-10-16(21)11-9-15/h5-11,19H,12H2,1-4H3,(H,22,26)(H,23,25). The summed E-state index contributed by atoms with van der Waals surface area (Å²) in [6, 6.07) is 12.2. The number of amides is 2. The molecule has 0 radical (unpaired) electrons. The third-order valence-electron chi connectivity index (χ3n) is 4.39. The third-order valence-corrected chi connectivity index (χ3v) is 4.64. The van der Waals surface area contributed by atoms with Crippen molar-refractivity contribution in [3.05, 3.63) is 64.2 Å². The molecule has 0 heterocycles. The molecule has 0 aliphatic heterocycles. The highest BCUT2D eigenvalue weighted by molar-refractivity contribution is 6.30. The van der Waals surface area contributed by atoms with Crippen molar-refractivity contribution in [1.29, 1.82) is 0 Å². The lowest BCUT2D eigenvalue weighted by Crippen LogP contribution is -2.41. The first-order valence-electron chi connectivity index (χ1n) is 8.37. The van der Waals surface area contributed by atoms with E-state index in [1.807, 2.05) is 32.0 Å². The summed E-state index contributed by atoms with van der Waals surface area (Å²) >= 11 is 5.93. The summed E-state index contributed by atoms with van der Waals surface area (Å²) in [7, 11) is 3.33. The normalized spacial score (nSPS) is 11.9. The van der Waals surface area contributed by atoms with Crippen LogP contribution in [0.4, 0.5) is 5.69 Å². The summed E-state index contributed by atoms with van der Waals surface area (Å²) in [4.78, 5) is 26.6.